The number of amides is 2. The highest BCUT2D eigenvalue weighted by Gasteiger charge is 2.29. The Labute approximate surface area is 141 Å². The number of hydrogen-bond acceptors (Lipinski definition) is 2. The molecule has 1 aliphatic heterocycles. The van der Waals surface area contributed by atoms with Crippen molar-refractivity contribution in [1.29, 1.82) is 0 Å². The zero-order valence-corrected chi connectivity index (χ0v) is 13.8. The van der Waals surface area contributed by atoms with Gasteiger partial charge in [0.1, 0.15) is 0 Å². The van der Waals surface area contributed by atoms with Crippen LogP contribution in [0.25, 0.3) is 6.08 Å². The number of para-hydroxylation sites is 1. The molecule has 4 nitrogen and oxygen atoms in total. The molecule has 0 saturated heterocycles. The van der Waals surface area contributed by atoms with Crippen LogP contribution in [0.5, 0.6) is 0 Å². The van der Waals surface area contributed by atoms with E-state index in [0.717, 1.165) is 17.7 Å². The second-order valence-electron chi connectivity index (χ2n) is 5.92. The summed E-state index contributed by atoms with van der Waals surface area (Å²) in [6.45, 7) is 2.06. The number of fused-ring (bicyclic) bond motifs is 1. The monoisotopic (exact) mass is 320 g/mol. The number of hydrogen-bond donors (Lipinski definition) is 1. The van der Waals surface area contributed by atoms with Gasteiger partial charge in [-0.15, -0.1) is 0 Å². The average molecular weight is 320 g/mol. The minimum absolute atomic E-state index is 0.0252. The lowest BCUT2D eigenvalue weighted by molar-refractivity contribution is -0.114. The Kier molecular flexibility index (Phi) is 4.47. The van der Waals surface area contributed by atoms with Gasteiger partial charge in [0.15, 0.2) is 0 Å². The molecular formula is C20H20N2O2. The highest BCUT2D eigenvalue weighted by Crippen LogP contribution is 2.31. The van der Waals surface area contributed by atoms with E-state index in [1.807, 2.05) is 35.2 Å². The molecule has 0 radical (unpaired) electrons. The first kappa shape index (κ1) is 16.0. The Balaban J connectivity index is 1.75. The van der Waals surface area contributed by atoms with Crippen molar-refractivity contribution in [3.8, 4) is 0 Å². The van der Waals surface area contributed by atoms with E-state index in [9.17, 15) is 9.59 Å². The van der Waals surface area contributed by atoms with Gasteiger partial charge in [-0.3, -0.25) is 9.59 Å². The molecule has 122 valence electrons. The van der Waals surface area contributed by atoms with E-state index in [4.69, 9.17) is 0 Å². The first-order valence-electron chi connectivity index (χ1n) is 8.01. The summed E-state index contributed by atoms with van der Waals surface area (Å²) in [5.74, 6) is -0.146. The van der Waals surface area contributed by atoms with Crippen LogP contribution in [-0.2, 0) is 11.2 Å². The van der Waals surface area contributed by atoms with E-state index < -0.39 is 0 Å². The van der Waals surface area contributed by atoms with Gasteiger partial charge in [0.2, 0.25) is 0 Å². The van der Waals surface area contributed by atoms with E-state index in [-0.39, 0.29) is 17.9 Å². The lowest BCUT2D eigenvalue weighted by Gasteiger charge is -2.20. The smallest absolute Gasteiger partial charge is 0.251 e. The lowest BCUT2D eigenvalue weighted by atomic mass is 10.1. The fourth-order valence-corrected chi connectivity index (χ4v) is 3.04. The van der Waals surface area contributed by atoms with E-state index in [1.165, 1.54) is 5.56 Å². The standard InChI is InChI=1S/C20H20N2O2/c1-14-13-17-5-3-4-6-18(17)22(14)19(23)12-9-15-7-10-16(11-8-15)20(24)21-2/h3-12,14H,13H2,1-2H3,(H,21,24). The summed E-state index contributed by atoms with van der Waals surface area (Å²) in [5, 5.41) is 2.58. The molecule has 0 aliphatic carbocycles. The Hall–Kier alpha value is -2.88. The van der Waals surface area contributed by atoms with Crippen molar-refractivity contribution in [1.82, 2.24) is 5.32 Å². The first-order chi connectivity index (χ1) is 11.6. The second kappa shape index (κ2) is 6.71. The maximum atomic E-state index is 12.6. The fraction of sp³-hybridized carbons (Fsp3) is 0.200. The maximum Gasteiger partial charge on any atom is 0.251 e. The van der Waals surface area contributed by atoms with Gasteiger partial charge in [0.05, 0.1) is 0 Å². The summed E-state index contributed by atoms with van der Waals surface area (Å²) in [5.41, 5.74) is 3.69. The predicted octanol–water partition coefficient (Wildman–Crippen LogP) is 3.04. The Morgan fingerprint density at radius 3 is 2.54 bits per heavy atom. The summed E-state index contributed by atoms with van der Waals surface area (Å²) in [6, 6.07) is 15.3. The van der Waals surface area contributed by atoms with E-state index in [1.54, 1.807) is 31.3 Å². The third-order valence-corrected chi connectivity index (χ3v) is 4.26. The SMILES string of the molecule is CNC(=O)c1ccc(C=CC(=O)N2c3ccccc3CC2C)cc1. The number of carbonyl (C=O) groups excluding carboxylic acids is 2. The zero-order valence-electron chi connectivity index (χ0n) is 13.8. The maximum absolute atomic E-state index is 12.6. The summed E-state index contributed by atoms with van der Waals surface area (Å²) in [6.07, 6.45) is 4.26. The van der Waals surface area contributed by atoms with Crippen LogP contribution in [0, 0.1) is 0 Å². The minimum Gasteiger partial charge on any atom is -0.355 e. The van der Waals surface area contributed by atoms with Crippen molar-refractivity contribution in [3.05, 3.63) is 71.3 Å². The normalized spacial score (nSPS) is 16.2. The first-order valence-corrected chi connectivity index (χ1v) is 8.01. The predicted molar refractivity (Wildman–Crippen MR) is 96.0 cm³/mol. The number of nitrogens with zero attached hydrogens (tertiary/aromatic N) is 1. The van der Waals surface area contributed by atoms with Crippen molar-refractivity contribution in [2.75, 3.05) is 11.9 Å². The molecule has 1 N–H and O–H groups in total. The topological polar surface area (TPSA) is 49.4 Å². The largest absolute Gasteiger partial charge is 0.355 e. The van der Waals surface area contributed by atoms with Crippen LogP contribution in [0.4, 0.5) is 5.69 Å². The third kappa shape index (κ3) is 3.08. The molecule has 24 heavy (non-hydrogen) atoms. The van der Waals surface area contributed by atoms with Crippen LogP contribution >= 0.6 is 0 Å². The van der Waals surface area contributed by atoms with Crippen molar-refractivity contribution in [2.24, 2.45) is 0 Å². The molecule has 2 aromatic carbocycles. The lowest BCUT2D eigenvalue weighted by Crippen LogP contribution is -2.34. The summed E-state index contributed by atoms with van der Waals surface area (Å²) in [7, 11) is 1.60. The second-order valence-corrected chi connectivity index (χ2v) is 5.92. The van der Waals surface area contributed by atoms with Gasteiger partial charge < -0.3 is 10.2 Å². The summed E-state index contributed by atoms with van der Waals surface area (Å²) >= 11 is 0. The Morgan fingerprint density at radius 2 is 1.83 bits per heavy atom. The van der Waals surface area contributed by atoms with Gasteiger partial charge in [0, 0.05) is 30.4 Å². The number of carbonyl (C=O) groups is 2. The molecule has 3 rings (SSSR count). The molecule has 0 bridgehead atoms. The van der Waals surface area contributed by atoms with Gasteiger partial charge in [-0.25, -0.2) is 0 Å². The van der Waals surface area contributed by atoms with Gasteiger partial charge >= 0.3 is 0 Å². The van der Waals surface area contributed by atoms with Crippen LogP contribution in [0.15, 0.2) is 54.6 Å². The van der Waals surface area contributed by atoms with Crippen molar-refractivity contribution >= 4 is 23.6 Å². The molecule has 1 heterocycles. The van der Waals surface area contributed by atoms with Gasteiger partial charge in [-0.1, -0.05) is 30.3 Å². The van der Waals surface area contributed by atoms with Crippen molar-refractivity contribution in [3.63, 3.8) is 0 Å². The number of anilines is 1. The molecule has 1 unspecified atom stereocenters. The van der Waals surface area contributed by atoms with E-state index >= 15 is 0 Å². The highest BCUT2D eigenvalue weighted by atomic mass is 16.2. The molecule has 1 atom stereocenters. The molecule has 2 amide bonds. The van der Waals surface area contributed by atoms with Crippen LogP contribution in [-0.4, -0.2) is 24.9 Å². The van der Waals surface area contributed by atoms with E-state index in [0.29, 0.717) is 5.56 Å². The van der Waals surface area contributed by atoms with Gasteiger partial charge in [0.25, 0.3) is 11.8 Å². The number of nitrogens with one attached hydrogen (secondary N) is 1. The van der Waals surface area contributed by atoms with Gasteiger partial charge in [-0.2, -0.15) is 0 Å². The Morgan fingerprint density at radius 1 is 1.12 bits per heavy atom. The fourth-order valence-electron chi connectivity index (χ4n) is 3.04. The Bertz CT molecular complexity index is 794. The highest BCUT2D eigenvalue weighted by molar-refractivity contribution is 6.05. The molecule has 1 aliphatic rings. The molecule has 4 heteroatoms. The minimum atomic E-state index is -0.121. The molecule has 0 aromatic heterocycles. The molecule has 0 saturated carbocycles. The quantitative estimate of drug-likeness (QED) is 0.884. The number of rotatable bonds is 3. The summed E-state index contributed by atoms with van der Waals surface area (Å²) < 4.78 is 0. The molecule has 2 aromatic rings. The van der Waals surface area contributed by atoms with Crippen molar-refractivity contribution in [2.45, 2.75) is 19.4 Å². The third-order valence-electron chi connectivity index (χ3n) is 4.26. The molecule has 0 fully saturated rings. The van der Waals surface area contributed by atoms with Crippen LogP contribution in [0.1, 0.15) is 28.4 Å². The molecular weight excluding hydrogens is 300 g/mol. The van der Waals surface area contributed by atoms with Crippen LogP contribution < -0.4 is 10.2 Å². The zero-order chi connectivity index (χ0) is 17.1. The van der Waals surface area contributed by atoms with Gasteiger partial charge in [-0.05, 0) is 48.7 Å². The van der Waals surface area contributed by atoms with E-state index in [2.05, 4.69) is 18.3 Å². The van der Waals surface area contributed by atoms with Crippen LogP contribution in [0.3, 0.4) is 0 Å². The van der Waals surface area contributed by atoms with Crippen molar-refractivity contribution < 1.29 is 9.59 Å². The van der Waals surface area contributed by atoms with Crippen LogP contribution in [0.2, 0.25) is 0 Å². The summed E-state index contributed by atoms with van der Waals surface area (Å²) in [4.78, 5) is 26.0. The average Bonchev–Trinajstić information content (AvgIpc) is 2.95. The molecule has 0 spiro atoms. The number of benzene rings is 2.